The third kappa shape index (κ3) is 2.57. The fraction of sp³-hybridized carbons (Fsp3) is 0.538. The zero-order valence-corrected chi connectivity index (χ0v) is 13.9. The van der Waals surface area contributed by atoms with Gasteiger partial charge in [0.15, 0.2) is 5.13 Å². The molecule has 1 aliphatic rings. The zero-order valence-electron chi connectivity index (χ0n) is 12.3. The van der Waals surface area contributed by atoms with E-state index in [4.69, 9.17) is 0 Å². The van der Waals surface area contributed by atoms with E-state index in [1.54, 1.807) is 25.6 Å². The largest absolute Gasteiger partial charge is 0.271 e. The van der Waals surface area contributed by atoms with E-state index < -0.39 is 10.0 Å². The first-order chi connectivity index (χ1) is 9.88. The number of nitrogens with zero attached hydrogens (tertiary/aromatic N) is 3. The molecule has 2 aromatic heterocycles. The topological polar surface area (TPSA) is 76.9 Å². The average Bonchev–Trinajstić information content (AvgIpc) is 2.89. The Morgan fingerprint density at radius 3 is 2.57 bits per heavy atom. The predicted octanol–water partition coefficient (Wildman–Crippen LogP) is 2.17. The third-order valence-corrected chi connectivity index (χ3v) is 6.57. The molecule has 0 saturated heterocycles. The summed E-state index contributed by atoms with van der Waals surface area (Å²) in [6.45, 7) is 3.45. The van der Waals surface area contributed by atoms with Gasteiger partial charge in [-0.15, -0.1) is 11.3 Å². The normalized spacial score (nSPS) is 15.0. The maximum absolute atomic E-state index is 12.6. The molecular weight excluding hydrogens is 308 g/mol. The Balaban J connectivity index is 1.94. The summed E-state index contributed by atoms with van der Waals surface area (Å²) in [6, 6.07) is 0. The number of sulfonamides is 1. The van der Waals surface area contributed by atoms with Crippen LogP contribution in [0.1, 0.15) is 34.8 Å². The van der Waals surface area contributed by atoms with Crippen molar-refractivity contribution >= 4 is 26.5 Å². The molecule has 1 N–H and O–H groups in total. The first-order valence-corrected chi connectivity index (χ1v) is 9.20. The summed E-state index contributed by atoms with van der Waals surface area (Å²) in [4.78, 5) is 5.88. The summed E-state index contributed by atoms with van der Waals surface area (Å²) in [5, 5.41) is 4.63. The minimum Gasteiger partial charge on any atom is -0.271 e. The summed E-state index contributed by atoms with van der Waals surface area (Å²) < 4.78 is 29.3. The maximum atomic E-state index is 12.6. The molecule has 0 radical (unpaired) electrons. The standard InChI is InChI=1S/C13H18N4O2S2/c1-8-12(9(2)17(3)15-8)21(18,19)16-13-14-10-6-4-5-7-11(10)20-13/h4-7H2,1-3H3,(H,14,16). The Morgan fingerprint density at radius 1 is 1.24 bits per heavy atom. The van der Waals surface area contributed by atoms with Crippen molar-refractivity contribution in [3.05, 3.63) is 22.0 Å². The van der Waals surface area contributed by atoms with Gasteiger partial charge in [0.1, 0.15) is 4.90 Å². The van der Waals surface area contributed by atoms with E-state index in [-0.39, 0.29) is 4.90 Å². The van der Waals surface area contributed by atoms with E-state index in [0.717, 1.165) is 31.4 Å². The Bertz CT molecular complexity index is 766. The Kier molecular flexibility index (Phi) is 3.53. The van der Waals surface area contributed by atoms with Crippen LogP contribution in [0.3, 0.4) is 0 Å². The zero-order chi connectivity index (χ0) is 15.2. The SMILES string of the molecule is Cc1nn(C)c(C)c1S(=O)(=O)Nc1nc2c(s1)CCCC2. The number of aromatic nitrogens is 3. The van der Waals surface area contributed by atoms with Gasteiger partial charge in [0, 0.05) is 11.9 Å². The number of aryl methyl sites for hydroxylation is 4. The van der Waals surface area contributed by atoms with Crippen molar-refractivity contribution in [2.24, 2.45) is 7.05 Å². The summed E-state index contributed by atoms with van der Waals surface area (Å²) in [6.07, 6.45) is 4.23. The number of hydrogen-bond donors (Lipinski definition) is 1. The number of fused-ring (bicyclic) bond motifs is 1. The highest BCUT2D eigenvalue weighted by Crippen LogP contribution is 2.31. The second-order valence-corrected chi connectivity index (χ2v) is 8.03. The third-order valence-electron chi connectivity index (χ3n) is 3.78. The van der Waals surface area contributed by atoms with Gasteiger partial charge in [-0.25, -0.2) is 13.4 Å². The van der Waals surface area contributed by atoms with Crippen molar-refractivity contribution in [1.29, 1.82) is 0 Å². The van der Waals surface area contributed by atoms with Crippen molar-refractivity contribution in [3.8, 4) is 0 Å². The Labute approximate surface area is 128 Å². The molecule has 0 aliphatic heterocycles. The lowest BCUT2D eigenvalue weighted by Crippen LogP contribution is -2.14. The summed E-state index contributed by atoms with van der Waals surface area (Å²) >= 11 is 1.45. The van der Waals surface area contributed by atoms with Crippen LogP contribution in [0.5, 0.6) is 0 Å². The average molecular weight is 326 g/mol. The van der Waals surface area contributed by atoms with Crippen molar-refractivity contribution in [2.45, 2.75) is 44.4 Å². The summed E-state index contributed by atoms with van der Waals surface area (Å²) in [5.41, 5.74) is 2.17. The number of thiazole rings is 1. The molecule has 0 fully saturated rings. The lowest BCUT2D eigenvalue weighted by atomic mass is 10.0. The molecule has 0 unspecified atom stereocenters. The fourth-order valence-corrected chi connectivity index (χ4v) is 5.43. The van der Waals surface area contributed by atoms with Crippen molar-refractivity contribution in [1.82, 2.24) is 14.8 Å². The number of anilines is 1. The van der Waals surface area contributed by atoms with Crippen LogP contribution in [0.2, 0.25) is 0 Å². The van der Waals surface area contributed by atoms with E-state index in [1.807, 2.05) is 0 Å². The van der Waals surface area contributed by atoms with Gasteiger partial charge in [-0.05, 0) is 39.5 Å². The van der Waals surface area contributed by atoms with Gasteiger partial charge in [0.05, 0.1) is 17.1 Å². The minimum atomic E-state index is -3.64. The molecule has 0 saturated carbocycles. The molecule has 1 aliphatic carbocycles. The Morgan fingerprint density at radius 2 is 1.95 bits per heavy atom. The highest BCUT2D eigenvalue weighted by molar-refractivity contribution is 7.93. The molecule has 21 heavy (non-hydrogen) atoms. The van der Waals surface area contributed by atoms with E-state index in [2.05, 4.69) is 14.8 Å². The first kappa shape index (κ1) is 14.5. The molecule has 2 heterocycles. The molecule has 114 valence electrons. The van der Waals surface area contributed by atoms with E-state index in [1.165, 1.54) is 16.2 Å². The van der Waals surface area contributed by atoms with Gasteiger partial charge in [-0.2, -0.15) is 5.10 Å². The van der Waals surface area contributed by atoms with E-state index >= 15 is 0 Å². The van der Waals surface area contributed by atoms with E-state index in [0.29, 0.717) is 16.5 Å². The molecule has 0 amide bonds. The monoisotopic (exact) mass is 326 g/mol. The maximum Gasteiger partial charge on any atom is 0.267 e. The minimum absolute atomic E-state index is 0.248. The van der Waals surface area contributed by atoms with Crippen LogP contribution < -0.4 is 4.72 Å². The van der Waals surface area contributed by atoms with Gasteiger partial charge in [0.2, 0.25) is 0 Å². The lowest BCUT2D eigenvalue weighted by molar-refractivity contribution is 0.599. The highest BCUT2D eigenvalue weighted by atomic mass is 32.2. The molecule has 2 aromatic rings. The van der Waals surface area contributed by atoms with Gasteiger partial charge in [0.25, 0.3) is 10.0 Å². The molecule has 8 heteroatoms. The molecule has 3 rings (SSSR count). The van der Waals surface area contributed by atoms with Crippen LogP contribution in [0.25, 0.3) is 0 Å². The second-order valence-electron chi connectivity index (χ2n) is 5.33. The first-order valence-electron chi connectivity index (χ1n) is 6.90. The van der Waals surface area contributed by atoms with Crippen LogP contribution in [-0.2, 0) is 29.9 Å². The molecule has 0 spiro atoms. The molecule has 6 nitrogen and oxygen atoms in total. The van der Waals surface area contributed by atoms with Gasteiger partial charge >= 0.3 is 0 Å². The Hall–Kier alpha value is -1.41. The van der Waals surface area contributed by atoms with Crippen LogP contribution in [0.4, 0.5) is 5.13 Å². The van der Waals surface area contributed by atoms with Crippen molar-refractivity contribution in [2.75, 3.05) is 4.72 Å². The van der Waals surface area contributed by atoms with Crippen LogP contribution in [0.15, 0.2) is 4.90 Å². The number of nitrogens with one attached hydrogen (secondary N) is 1. The smallest absolute Gasteiger partial charge is 0.267 e. The van der Waals surface area contributed by atoms with Crippen molar-refractivity contribution < 1.29 is 8.42 Å². The molecule has 0 atom stereocenters. The van der Waals surface area contributed by atoms with Gasteiger partial charge < -0.3 is 0 Å². The predicted molar refractivity (Wildman–Crippen MR) is 82.2 cm³/mol. The lowest BCUT2D eigenvalue weighted by Gasteiger charge is -2.06. The van der Waals surface area contributed by atoms with Crippen LogP contribution in [0, 0.1) is 13.8 Å². The highest BCUT2D eigenvalue weighted by Gasteiger charge is 2.26. The quantitative estimate of drug-likeness (QED) is 0.938. The fourth-order valence-electron chi connectivity index (χ4n) is 2.70. The molecule has 0 aromatic carbocycles. The van der Waals surface area contributed by atoms with Crippen LogP contribution in [-0.4, -0.2) is 23.2 Å². The summed E-state index contributed by atoms with van der Waals surface area (Å²) in [5.74, 6) is 0. The second kappa shape index (κ2) is 5.10. The summed E-state index contributed by atoms with van der Waals surface area (Å²) in [7, 11) is -1.90. The number of hydrogen-bond acceptors (Lipinski definition) is 5. The van der Waals surface area contributed by atoms with E-state index in [9.17, 15) is 8.42 Å². The van der Waals surface area contributed by atoms with Crippen molar-refractivity contribution in [3.63, 3.8) is 0 Å². The van der Waals surface area contributed by atoms with Crippen LogP contribution >= 0.6 is 11.3 Å². The number of rotatable bonds is 3. The molecule has 0 bridgehead atoms. The van der Waals surface area contributed by atoms with Gasteiger partial charge in [-0.3, -0.25) is 9.40 Å². The molecular formula is C13H18N4O2S2. The van der Waals surface area contributed by atoms with Gasteiger partial charge in [-0.1, -0.05) is 0 Å².